The molecule has 0 radical (unpaired) electrons. The van der Waals surface area contributed by atoms with Crippen LogP contribution in [0.4, 0.5) is 5.82 Å². The summed E-state index contributed by atoms with van der Waals surface area (Å²) in [6.45, 7) is 3.74. The molecule has 1 saturated heterocycles. The summed E-state index contributed by atoms with van der Waals surface area (Å²) >= 11 is 0. The molecule has 1 aromatic heterocycles. The molecule has 2 N–H and O–H groups in total. The fourth-order valence-corrected chi connectivity index (χ4v) is 2.44. The number of aromatic nitrogens is 2. The highest BCUT2D eigenvalue weighted by Gasteiger charge is 2.25. The predicted molar refractivity (Wildman–Crippen MR) is 71.5 cm³/mol. The minimum absolute atomic E-state index is 0.133. The third kappa shape index (κ3) is 2.76. The Kier molecular flexibility index (Phi) is 4.17. The molecule has 0 saturated carbocycles. The zero-order valence-corrected chi connectivity index (χ0v) is 11.2. The summed E-state index contributed by atoms with van der Waals surface area (Å²) in [7, 11) is 0. The molecule has 1 unspecified atom stereocenters. The van der Waals surface area contributed by atoms with E-state index in [1.165, 1.54) is 19.0 Å². The monoisotopic (exact) mass is 261 g/mol. The molecule has 1 aromatic rings. The maximum absolute atomic E-state index is 12.4. The number of rotatable bonds is 2. The summed E-state index contributed by atoms with van der Waals surface area (Å²) < 4.78 is 1.15. The number of hydrogen-bond donors (Lipinski definition) is 1. The second-order valence-corrected chi connectivity index (χ2v) is 4.93. The summed E-state index contributed by atoms with van der Waals surface area (Å²) in [5.74, 6) is -0.0323. The first-order valence-electron chi connectivity index (χ1n) is 6.67. The van der Waals surface area contributed by atoms with Gasteiger partial charge in [0.15, 0.2) is 0 Å². The van der Waals surface area contributed by atoms with Crippen molar-refractivity contribution in [3.8, 4) is 6.07 Å². The van der Waals surface area contributed by atoms with Gasteiger partial charge >= 0.3 is 0 Å². The van der Waals surface area contributed by atoms with Crippen molar-refractivity contribution in [3.63, 3.8) is 0 Å². The van der Waals surface area contributed by atoms with Crippen LogP contribution < -0.4 is 5.73 Å². The fraction of sp³-hybridized carbons (Fsp3) is 0.615. The van der Waals surface area contributed by atoms with Crippen LogP contribution in [0.2, 0.25) is 0 Å². The van der Waals surface area contributed by atoms with Crippen molar-refractivity contribution < 1.29 is 4.79 Å². The molecule has 102 valence electrons. The summed E-state index contributed by atoms with van der Waals surface area (Å²) in [4.78, 5) is 14.5. The zero-order chi connectivity index (χ0) is 13.8. The Balaban J connectivity index is 2.13. The molecule has 2 heterocycles. The molecular weight excluding hydrogens is 242 g/mol. The van der Waals surface area contributed by atoms with Gasteiger partial charge in [-0.1, -0.05) is 12.8 Å². The number of nitrogens with two attached hydrogens (primary N) is 1. The normalized spacial score (nSPS) is 18.5. The van der Waals surface area contributed by atoms with Crippen molar-refractivity contribution in [2.45, 2.75) is 38.6 Å². The van der Waals surface area contributed by atoms with Gasteiger partial charge in [-0.2, -0.15) is 15.0 Å². The maximum atomic E-state index is 12.4. The quantitative estimate of drug-likeness (QED) is 0.865. The average Bonchev–Trinajstić information content (AvgIpc) is 2.64. The maximum Gasteiger partial charge on any atom is 0.265 e. The molecule has 1 aliphatic rings. The Hall–Kier alpha value is -1.87. The van der Waals surface area contributed by atoms with Gasteiger partial charge in [0.05, 0.1) is 12.2 Å². The predicted octanol–water partition coefficient (Wildman–Crippen LogP) is 1.24. The highest BCUT2D eigenvalue weighted by atomic mass is 16.2. The van der Waals surface area contributed by atoms with E-state index in [0.717, 1.165) is 30.6 Å². The summed E-state index contributed by atoms with van der Waals surface area (Å²) in [6.07, 6.45) is 6.02. The topological polar surface area (TPSA) is 87.9 Å². The van der Waals surface area contributed by atoms with E-state index in [0.29, 0.717) is 0 Å². The van der Waals surface area contributed by atoms with Gasteiger partial charge in [0, 0.05) is 0 Å². The molecule has 0 aromatic carbocycles. The lowest BCUT2D eigenvalue weighted by Gasteiger charge is -2.26. The molecule has 19 heavy (non-hydrogen) atoms. The van der Waals surface area contributed by atoms with Crippen molar-refractivity contribution in [2.24, 2.45) is 0 Å². The molecule has 6 nitrogen and oxygen atoms in total. The minimum Gasteiger partial charge on any atom is -0.382 e. The van der Waals surface area contributed by atoms with Crippen LogP contribution in [-0.4, -0.2) is 39.7 Å². The van der Waals surface area contributed by atoms with E-state index in [1.807, 2.05) is 13.0 Å². The van der Waals surface area contributed by atoms with E-state index in [4.69, 9.17) is 11.0 Å². The Morgan fingerprint density at radius 2 is 2.05 bits per heavy atom. The third-order valence-corrected chi connectivity index (χ3v) is 3.68. The number of likely N-dealkylation sites (tertiary alicyclic amines) is 1. The van der Waals surface area contributed by atoms with Crippen molar-refractivity contribution in [3.05, 3.63) is 11.8 Å². The molecule has 0 bridgehead atoms. The van der Waals surface area contributed by atoms with E-state index < -0.39 is 0 Å². The molecular formula is C13H19N5O. The largest absolute Gasteiger partial charge is 0.382 e. The molecule has 0 spiro atoms. The van der Waals surface area contributed by atoms with Gasteiger partial charge in [0.1, 0.15) is 17.5 Å². The minimum atomic E-state index is -0.258. The van der Waals surface area contributed by atoms with Gasteiger partial charge in [-0.05, 0) is 32.9 Å². The Morgan fingerprint density at radius 3 is 2.58 bits per heavy atom. The molecule has 1 aliphatic heterocycles. The summed E-state index contributed by atoms with van der Waals surface area (Å²) in [6, 6.07) is 1.67. The van der Waals surface area contributed by atoms with Crippen LogP contribution in [0.5, 0.6) is 0 Å². The van der Waals surface area contributed by atoms with E-state index in [2.05, 4.69) is 10.00 Å². The van der Waals surface area contributed by atoms with E-state index >= 15 is 0 Å². The smallest absolute Gasteiger partial charge is 0.265 e. The Morgan fingerprint density at radius 1 is 1.42 bits per heavy atom. The zero-order valence-electron chi connectivity index (χ0n) is 11.2. The number of hydrogen-bond acceptors (Lipinski definition) is 5. The Labute approximate surface area is 112 Å². The molecule has 2 rings (SSSR count). The molecule has 0 amide bonds. The van der Waals surface area contributed by atoms with Gasteiger partial charge in [0.25, 0.3) is 5.91 Å². The van der Waals surface area contributed by atoms with E-state index in [9.17, 15) is 4.79 Å². The number of carbonyl (C=O) groups is 1. The van der Waals surface area contributed by atoms with Crippen LogP contribution in [0.1, 0.15) is 43.0 Å². The number of nitrogens with zero attached hydrogens (tertiary/aromatic N) is 4. The average molecular weight is 261 g/mol. The van der Waals surface area contributed by atoms with E-state index in [-0.39, 0.29) is 23.3 Å². The molecule has 1 fully saturated rings. The molecule has 6 heteroatoms. The van der Waals surface area contributed by atoms with Crippen LogP contribution in [0.3, 0.4) is 0 Å². The molecule has 0 aliphatic carbocycles. The van der Waals surface area contributed by atoms with E-state index in [1.54, 1.807) is 0 Å². The van der Waals surface area contributed by atoms with Gasteiger partial charge in [-0.25, -0.2) is 0 Å². The first-order valence-corrected chi connectivity index (χ1v) is 6.67. The van der Waals surface area contributed by atoms with Crippen LogP contribution in [0.15, 0.2) is 6.20 Å². The van der Waals surface area contributed by atoms with Crippen molar-refractivity contribution in [2.75, 3.05) is 18.8 Å². The number of nitriles is 1. The van der Waals surface area contributed by atoms with Crippen molar-refractivity contribution in [1.82, 2.24) is 14.7 Å². The van der Waals surface area contributed by atoms with Crippen molar-refractivity contribution in [1.29, 1.82) is 5.26 Å². The van der Waals surface area contributed by atoms with Crippen LogP contribution in [0, 0.1) is 11.3 Å². The number of carbonyl (C=O) groups excluding carboxylic acids is 1. The highest BCUT2D eigenvalue weighted by molar-refractivity contribution is 5.86. The standard InChI is InChI=1S/C13H19N5O/c1-10(17-6-4-2-3-5-7-17)13(19)18-12(15)11(8-14)9-16-18/h9-10H,2-7,15H2,1H3. The summed E-state index contributed by atoms with van der Waals surface area (Å²) in [5, 5.41) is 12.8. The first-order chi connectivity index (χ1) is 9.15. The number of nitrogen functional groups attached to an aromatic ring is 1. The van der Waals surface area contributed by atoms with Crippen LogP contribution in [0.25, 0.3) is 0 Å². The lowest BCUT2D eigenvalue weighted by Crippen LogP contribution is -2.42. The highest BCUT2D eigenvalue weighted by Crippen LogP contribution is 2.16. The number of anilines is 1. The van der Waals surface area contributed by atoms with Crippen LogP contribution in [-0.2, 0) is 0 Å². The molecule has 1 atom stereocenters. The summed E-state index contributed by atoms with van der Waals surface area (Å²) in [5.41, 5.74) is 6.00. The van der Waals surface area contributed by atoms with Gasteiger partial charge in [-0.15, -0.1) is 0 Å². The lowest BCUT2D eigenvalue weighted by molar-refractivity contribution is 0.0741. The SMILES string of the molecule is CC(C(=O)n1ncc(C#N)c1N)N1CCCCCC1. The first kappa shape index (κ1) is 13.6. The van der Waals surface area contributed by atoms with Crippen molar-refractivity contribution >= 4 is 11.7 Å². The second kappa shape index (κ2) is 5.85. The lowest BCUT2D eigenvalue weighted by atomic mass is 10.2. The second-order valence-electron chi connectivity index (χ2n) is 4.93. The third-order valence-electron chi connectivity index (χ3n) is 3.68. The van der Waals surface area contributed by atoms with Gasteiger partial charge in [-0.3, -0.25) is 9.69 Å². The Bertz CT molecular complexity index is 494. The fourth-order valence-electron chi connectivity index (χ4n) is 2.44. The van der Waals surface area contributed by atoms with Gasteiger partial charge in [0.2, 0.25) is 0 Å². The van der Waals surface area contributed by atoms with Crippen LogP contribution >= 0.6 is 0 Å². The van der Waals surface area contributed by atoms with Gasteiger partial charge < -0.3 is 5.73 Å².